The lowest BCUT2D eigenvalue weighted by molar-refractivity contribution is -0.130. The molecule has 37 heavy (non-hydrogen) atoms. The molecule has 2 N–H and O–H groups in total. The van der Waals surface area contributed by atoms with Gasteiger partial charge in [-0.05, 0) is 62.8 Å². The number of Topliss-reactive ketones (excluding diaryl/α,β-unsaturated/α-hetero) is 1. The lowest BCUT2D eigenvalue weighted by atomic mass is 9.86. The van der Waals surface area contributed by atoms with Crippen LogP contribution in [0, 0.1) is 5.92 Å². The fourth-order valence-electron chi connectivity index (χ4n) is 4.20. The topological polar surface area (TPSA) is 91.1 Å². The normalized spacial score (nSPS) is 16.3. The summed E-state index contributed by atoms with van der Waals surface area (Å²) < 4.78 is 15.1. The highest BCUT2D eigenvalue weighted by molar-refractivity contribution is 7.18. The zero-order valence-corrected chi connectivity index (χ0v) is 24.8. The lowest BCUT2D eigenvalue weighted by Gasteiger charge is -2.24. The maximum Gasteiger partial charge on any atom is 0.227 e. The van der Waals surface area contributed by atoms with Gasteiger partial charge in [0.25, 0.3) is 0 Å². The molecule has 0 saturated heterocycles. The van der Waals surface area contributed by atoms with Crippen molar-refractivity contribution < 1.29 is 23.8 Å². The standard InChI is InChI=1S/C22H32N2O3S.C7H14O2/c1-6-7-8-24(13-15(3)9-16(4)27-5)20(26)12-18-17-10-14(2)11-19(25)21(17)28-22(18)23;1-5-7(9-4)6(2)8-3/h9,14H,4,6-8,10-13,23H2,1-3,5H3;5-6H,1-4H3/b15-9+;7-5+. The number of allylic oxidation sites excluding steroid dienone is 2. The van der Waals surface area contributed by atoms with Gasteiger partial charge < -0.3 is 24.8 Å². The summed E-state index contributed by atoms with van der Waals surface area (Å²) in [6.45, 7) is 15.1. The van der Waals surface area contributed by atoms with E-state index in [4.69, 9.17) is 19.9 Å². The Bertz CT molecular complexity index is 979. The van der Waals surface area contributed by atoms with E-state index in [1.807, 2.05) is 37.8 Å². The number of fused-ring (bicyclic) bond motifs is 1. The zero-order chi connectivity index (χ0) is 28.1. The van der Waals surface area contributed by atoms with Gasteiger partial charge >= 0.3 is 0 Å². The van der Waals surface area contributed by atoms with Gasteiger partial charge in [-0.3, -0.25) is 9.59 Å². The number of anilines is 1. The number of ether oxygens (including phenoxy) is 3. The average Bonchev–Trinajstić information content (AvgIpc) is 3.17. The van der Waals surface area contributed by atoms with Crippen LogP contribution in [0.25, 0.3) is 0 Å². The SMILES string of the molecule is C/C=C(/OC)C(C)OC.C=C(/C=C(\C)CN(CCCC)C(=O)Cc1c(N)sc2c1CC(C)CC2=O)OC. The summed E-state index contributed by atoms with van der Waals surface area (Å²) in [4.78, 5) is 28.1. The summed E-state index contributed by atoms with van der Waals surface area (Å²) in [5, 5.41) is 0.608. The first kappa shape index (κ1) is 32.4. The molecular weight excluding hydrogens is 488 g/mol. The summed E-state index contributed by atoms with van der Waals surface area (Å²) in [6.07, 6.45) is 7.41. The van der Waals surface area contributed by atoms with Crippen molar-refractivity contribution in [2.45, 2.75) is 72.8 Å². The first-order valence-electron chi connectivity index (χ1n) is 12.9. The largest absolute Gasteiger partial charge is 0.499 e. The van der Waals surface area contributed by atoms with Gasteiger partial charge in [-0.15, -0.1) is 11.3 Å². The predicted octanol–water partition coefficient (Wildman–Crippen LogP) is 5.94. The van der Waals surface area contributed by atoms with Crippen molar-refractivity contribution in [2.75, 3.05) is 40.2 Å². The smallest absolute Gasteiger partial charge is 0.227 e. The Balaban J connectivity index is 0.000000649. The molecule has 2 rings (SSSR count). The Kier molecular flexibility index (Phi) is 14.3. The molecule has 2 unspecified atom stereocenters. The van der Waals surface area contributed by atoms with Crippen molar-refractivity contribution in [3.05, 3.63) is 51.8 Å². The van der Waals surface area contributed by atoms with E-state index in [9.17, 15) is 9.59 Å². The maximum atomic E-state index is 13.1. The van der Waals surface area contributed by atoms with E-state index in [2.05, 4.69) is 20.4 Å². The second-order valence-corrected chi connectivity index (χ2v) is 10.5. The second kappa shape index (κ2) is 16.3. The van der Waals surface area contributed by atoms with E-state index in [1.165, 1.54) is 11.3 Å². The number of nitrogens with two attached hydrogens (primary N) is 1. The molecule has 8 heteroatoms. The summed E-state index contributed by atoms with van der Waals surface area (Å²) in [6, 6.07) is 0. The number of unbranched alkanes of at least 4 members (excludes halogenated alkanes) is 1. The zero-order valence-electron chi connectivity index (χ0n) is 23.9. The highest BCUT2D eigenvalue weighted by atomic mass is 32.1. The molecule has 2 atom stereocenters. The number of rotatable bonds is 12. The second-order valence-electron chi connectivity index (χ2n) is 9.47. The minimum absolute atomic E-state index is 0.0437. The molecule has 1 aliphatic rings. The number of hydrogen-bond donors (Lipinski definition) is 1. The molecule has 0 bridgehead atoms. The molecule has 1 aromatic heterocycles. The monoisotopic (exact) mass is 534 g/mol. The number of nitrogens with zero attached hydrogens (tertiary/aromatic N) is 1. The molecule has 1 heterocycles. The minimum Gasteiger partial charge on any atom is -0.499 e. The van der Waals surface area contributed by atoms with Crippen LogP contribution < -0.4 is 5.73 Å². The summed E-state index contributed by atoms with van der Waals surface area (Å²) >= 11 is 1.34. The number of amides is 1. The summed E-state index contributed by atoms with van der Waals surface area (Å²) in [5.74, 6) is 1.94. The number of hydrogen-bond acceptors (Lipinski definition) is 7. The van der Waals surface area contributed by atoms with E-state index in [1.54, 1.807) is 21.3 Å². The van der Waals surface area contributed by atoms with E-state index in [0.29, 0.717) is 36.2 Å². The Morgan fingerprint density at radius 1 is 1.27 bits per heavy atom. The van der Waals surface area contributed by atoms with Crippen LogP contribution in [0.1, 0.15) is 74.7 Å². The van der Waals surface area contributed by atoms with Gasteiger partial charge in [-0.1, -0.05) is 32.4 Å². The van der Waals surface area contributed by atoms with Crippen molar-refractivity contribution in [1.82, 2.24) is 4.90 Å². The van der Waals surface area contributed by atoms with Gasteiger partial charge in [0.05, 0.1) is 30.5 Å². The van der Waals surface area contributed by atoms with Gasteiger partial charge in [-0.2, -0.15) is 0 Å². The summed E-state index contributed by atoms with van der Waals surface area (Å²) in [7, 11) is 4.88. The molecular formula is C29H46N2O5S. The first-order valence-corrected chi connectivity index (χ1v) is 13.7. The van der Waals surface area contributed by atoms with Crippen LogP contribution in [-0.4, -0.2) is 57.1 Å². The Morgan fingerprint density at radius 3 is 2.46 bits per heavy atom. The predicted molar refractivity (Wildman–Crippen MR) is 153 cm³/mol. The first-order chi connectivity index (χ1) is 17.5. The van der Waals surface area contributed by atoms with Gasteiger partial charge in [0, 0.05) is 26.6 Å². The van der Waals surface area contributed by atoms with Gasteiger partial charge in [0.15, 0.2) is 5.78 Å². The van der Waals surface area contributed by atoms with Crippen LogP contribution in [-0.2, 0) is 31.8 Å². The molecule has 1 aliphatic carbocycles. The number of nitrogen functional groups attached to an aromatic ring is 1. The van der Waals surface area contributed by atoms with Gasteiger partial charge in [0.2, 0.25) is 5.91 Å². The highest BCUT2D eigenvalue weighted by Gasteiger charge is 2.30. The van der Waals surface area contributed by atoms with Crippen molar-refractivity contribution in [1.29, 1.82) is 0 Å². The van der Waals surface area contributed by atoms with Crippen molar-refractivity contribution in [3.63, 3.8) is 0 Å². The molecule has 0 aliphatic heterocycles. The Hall–Kier alpha value is -2.58. The van der Waals surface area contributed by atoms with Crippen LogP contribution >= 0.6 is 11.3 Å². The average molecular weight is 535 g/mol. The molecule has 208 valence electrons. The third kappa shape index (κ3) is 10.0. The third-order valence-electron chi connectivity index (χ3n) is 6.33. The van der Waals surface area contributed by atoms with Crippen LogP contribution in [0.5, 0.6) is 0 Å². The van der Waals surface area contributed by atoms with Crippen molar-refractivity contribution in [2.24, 2.45) is 5.92 Å². The molecule has 1 aromatic rings. The molecule has 0 fully saturated rings. The van der Waals surface area contributed by atoms with Gasteiger partial charge in [-0.25, -0.2) is 0 Å². The van der Waals surface area contributed by atoms with E-state index >= 15 is 0 Å². The number of methoxy groups -OCH3 is 3. The third-order valence-corrected chi connectivity index (χ3v) is 7.48. The lowest BCUT2D eigenvalue weighted by Crippen LogP contribution is -2.35. The van der Waals surface area contributed by atoms with Crippen LogP contribution in [0.2, 0.25) is 0 Å². The molecule has 0 aromatic carbocycles. The number of ketones is 1. The Morgan fingerprint density at radius 2 is 1.95 bits per heavy atom. The van der Waals surface area contributed by atoms with Crippen LogP contribution in [0.3, 0.4) is 0 Å². The maximum absolute atomic E-state index is 13.1. The van der Waals surface area contributed by atoms with Crippen LogP contribution in [0.15, 0.2) is 35.8 Å². The quantitative estimate of drug-likeness (QED) is 0.263. The van der Waals surface area contributed by atoms with Crippen molar-refractivity contribution in [3.8, 4) is 0 Å². The minimum atomic E-state index is 0.0437. The molecule has 7 nitrogen and oxygen atoms in total. The van der Waals surface area contributed by atoms with Gasteiger partial charge in [0.1, 0.15) is 17.6 Å². The molecule has 0 spiro atoms. The van der Waals surface area contributed by atoms with E-state index in [-0.39, 0.29) is 24.2 Å². The number of carbonyl (C=O) groups excluding carboxylic acids is 2. The number of thiophene rings is 1. The molecule has 0 radical (unpaired) electrons. The number of carbonyl (C=O) groups is 2. The Labute approximate surface area is 227 Å². The molecule has 1 amide bonds. The highest BCUT2D eigenvalue weighted by Crippen LogP contribution is 2.38. The summed E-state index contributed by atoms with van der Waals surface area (Å²) in [5.41, 5.74) is 9.08. The van der Waals surface area contributed by atoms with Crippen LogP contribution in [0.4, 0.5) is 5.00 Å². The molecule has 0 saturated carbocycles. The fraction of sp³-hybridized carbons (Fsp3) is 0.586. The van der Waals surface area contributed by atoms with E-state index in [0.717, 1.165) is 46.6 Å². The van der Waals surface area contributed by atoms with Crippen molar-refractivity contribution >= 4 is 28.0 Å². The van der Waals surface area contributed by atoms with E-state index < -0.39 is 0 Å². The fourth-order valence-corrected chi connectivity index (χ4v) is 5.27.